The van der Waals surface area contributed by atoms with Crippen LogP contribution in [-0.4, -0.2) is 421 Å². The molecule has 0 radical (unpaired) electrons. The molecule has 22 saturated heterocycles. The molecule has 622 valence electrons. The first-order valence-corrected chi connectivity index (χ1v) is 43.7. The van der Waals surface area contributed by atoms with Gasteiger partial charge in [0.05, 0.1) is 59.5 Å². The van der Waals surface area contributed by atoms with Gasteiger partial charge >= 0.3 is 0 Å². The summed E-state index contributed by atoms with van der Waals surface area (Å²) in [6, 6.07) is 0. The SMILES string of the molecule is CCN(CC)P(=S)(OCC1COC(C)(C)O1)OC[C@H]1O[C@@H]2O[C@H]3[C@H](O)[C@@H](O)[C@H]4O[C@H]5[C@H](O)[C@@H](O)[C@@H](O[C@H]6[C@H](O)[C@@H](O)[C@H]7O[C@H]8[C@H](O)[C@@H](O)[C@@H](O[C@H]9[C@H](O)[C@@H](O)[C@@H](O[C@H]%10[C@H](O)[C@@H](O)[C@@H](O[C@H]1[C@H](O)[C@H]2O)O[C@@H]%10CO)O[C@@H]9CO)O[C@@H]8COP(=S)(N(CC)CC)OC[C@H]6O7)O[C@@H]5COP(=S)(N(CC)CC)OC[C@H]3O4. The predicted molar refractivity (Wildman–Crippen MR) is 365 cm³/mol. The molecule has 22 fully saturated rings. The van der Waals surface area contributed by atoms with E-state index in [4.69, 9.17) is 138 Å². The lowest BCUT2D eigenvalue weighted by atomic mass is 9.95. The normalized spacial score (nSPS) is 50.2. The molecule has 22 aliphatic rings. The monoisotopic (exact) mass is 1670 g/mol. The van der Waals surface area contributed by atoms with Crippen molar-refractivity contribution in [1.29, 1.82) is 0 Å². The van der Waals surface area contributed by atoms with Crippen LogP contribution >= 0.6 is 19.9 Å². The smallest absolute Gasteiger partial charge is 0.264 e. The van der Waals surface area contributed by atoms with Crippen LogP contribution in [0.15, 0.2) is 0 Å². The molecular weight excluding hydrogens is 1560 g/mol. The first kappa shape index (κ1) is 88.1. The van der Waals surface area contributed by atoms with E-state index in [1.54, 1.807) is 69.4 Å². The van der Waals surface area contributed by atoms with Gasteiger partial charge in [-0.3, -0.25) is 0 Å². The standard InChI is InChI=1S/C60H106N3O38P3S3/c1-9-61(10-2)102(105,81-18-24-17-80-60(7,8)101-24)82-19-27-48-35(69)42(76)56(90-27)98-50-29-22-85-104(107,63(13-5)14-6)86-23-31-52(100-58(92-29)44(78)37(50)71)38(72)45(79)59(93-31)99-51-30-21-84-103(106,62(11-3)12-4)83-20-28-49(97-57(91-30)43(77)36(51)70)34(68)41(75)55(89-28)95-47-26(16-65)87-53(39(73)32(47)66)94-46-25(15-64)88-54(96-48)40(74)33(46)67/h24-59,64-79H,9-23H2,1-8H3/t24?,25-,26-,27-,28-,29-,30-,31-,32-,33-,34-,35-,36-,37-,38-,39-,40-,41-,42-,43-,44-,45-,46-,47-,48-,49-,50-,51-,52-,53-,54-,55-,56-,57-,58-,59-,102?,103?,104?/m1/s1. The summed E-state index contributed by atoms with van der Waals surface area (Å²) in [7, 11) is 0. The minimum absolute atomic E-state index is 0.126. The van der Waals surface area contributed by atoms with Crippen molar-refractivity contribution < 1.29 is 185 Å². The van der Waals surface area contributed by atoms with Gasteiger partial charge in [0.15, 0.2) is 49.8 Å². The summed E-state index contributed by atoms with van der Waals surface area (Å²) in [5.74, 6) is -0.963. The van der Waals surface area contributed by atoms with Crippen LogP contribution in [0.25, 0.3) is 0 Å². The van der Waals surface area contributed by atoms with Crippen LogP contribution in [0.1, 0.15) is 55.4 Å². The Morgan fingerprint density at radius 1 is 0.355 bits per heavy atom. The number of hydrogen-bond donors (Lipinski definition) is 16. The summed E-state index contributed by atoms with van der Waals surface area (Å²) >= 11 is 18.5. The largest absolute Gasteiger partial charge is 0.394 e. The van der Waals surface area contributed by atoms with Gasteiger partial charge in [-0.1, -0.05) is 41.5 Å². The van der Waals surface area contributed by atoms with E-state index < -0.39 is 293 Å². The number of nitrogens with zero attached hydrogens (tertiary/aromatic N) is 3. The molecule has 41 nitrogen and oxygen atoms in total. The van der Waals surface area contributed by atoms with E-state index in [1.165, 1.54) is 0 Å². The fraction of sp³-hybridized carbons (Fsp3) is 1.00. The second-order valence-corrected chi connectivity index (χ2v) is 38.0. The highest BCUT2D eigenvalue weighted by Gasteiger charge is 2.61. The van der Waals surface area contributed by atoms with Gasteiger partial charge in [-0.15, -0.1) is 0 Å². The van der Waals surface area contributed by atoms with Crippen molar-refractivity contribution in [2.24, 2.45) is 0 Å². The lowest BCUT2D eigenvalue weighted by molar-refractivity contribution is -0.396. The Morgan fingerprint density at radius 3 is 0.888 bits per heavy atom. The van der Waals surface area contributed by atoms with E-state index in [9.17, 15) is 81.7 Å². The Hall–Kier alpha value is 0.310. The fourth-order valence-corrected chi connectivity index (χ4v) is 23.0. The van der Waals surface area contributed by atoms with Crippen LogP contribution in [0.5, 0.6) is 0 Å². The van der Waals surface area contributed by atoms with Gasteiger partial charge in [0.1, 0.15) is 177 Å². The minimum Gasteiger partial charge on any atom is -0.394 e. The van der Waals surface area contributed by atoms with E-state index in [1.807, 2.05) is 0 Å². The molecule has 39 atom stereocenters. The first-order chi connectivity index (χ1) is 50.7. The summed E-state index contributed by atoms with van der Waals surface area (Å²) in [4.78, 5) is 0. The molecule has 107 heavy (non-hydrogen) atoms. The number of ether oxygens (including phenoxy) is 16. The Kier molecular flexibility index (Phi) is 30.5. The van der Waals surface area contributed by atoms with Gasteiger partial charge in [-0.2, -0.15) is 0 Å². The lowest BCUT2D eigenvalue weighted by Crippen LogP contribution is -2.68. The third kappa shape index (κ3) is 18.6. The van der Waals surface area contributed by atoms with Crippen LogP contribution in [0.4, 0.5) is 0 Å². The number of aliphatic hydroxyl groups excluding tert-OH is 16. The van der Waals surface area contributed by atoms with Crippen LogP contribution in [0, 0.1) is 0 Å². The maximum absolute atomic E-state index is 12.4. The molecule has 22 heterocycles. The zero-order chi connectivity index (χ0) is 77.7. The molecule has 0 spiro atoms. The van der Waals surface area contributed by atoms with Crippen LogP contribution in [0.3, 0.4) is 0 Å². The third-order valence-electron chi connectivity index (χ3n) is 20.6. The predicted octanol–water partition coefficient (Wildman–Crippen LogP) is -7.21. The topological polar surface area (TPSA) is 536 Å². The van der Waals surface area contributed by atoms with Crippen molar-refractivity contribution in [1.82, 2.24) is 14.0 Å². The molecule has 0 amide bonds. The summed E-state index contributed by atoms with van der Waals surface area (Å²) in [6.45, 7) is -1.39. The molecule has 0 aromatic heterocycles. The van der Waals surface area contributed by atoms with Crippen molar-refractivity contribution in [3.8, 4) is 0 Å². The first-order valence-electron chi connectivity index (χ1n) is 35.9. The highest BCUT2D eigenvalue weighted by molar-refractivity contribution is 8.09. The molecule has 0 aromatic carbocycles. The quantitative estimate of drug-likeness (QED) is 0.0602. The Balaban J connectivity index is 0.971. The summed E-state index contributed by atoms with van der Waals surface area (Å²) < 4.78 is 143. The van der Waals surface area contributed by atoms with Crippen LogP contribution in [0.2, 0.25) is 0 Å². The van der Waals surface area contributed by atoms with Crippen LogP contribution < -0.4 is 0 Å². The third-order valence-corrected chi connectivity index (χ3v) is 31.2. The van der Waals surface area contributed by atoms with E-state index >= 15 is 0 Å². The van der Waals surface area contributed by atoms with Gasteiger partial charge in [-0.25, -0.2) is 14.0 Å². The van der Waals surface area contributed by atoms with E-state index in [-0.39, 0.29) is 52.5 Å². The van der Waals surface area contributed by atoms with Crippen molar-refractivity contribution in [3.05, 3.63) is 0 Å². The van der Waals surface area contributed by atoms with Crippen molar-refractivity contribution >= 4 is 55.3 Å². The van der Waals surface area contributed by atoms with Crippen molar-refractivity contribution in [3.63, 3.8) is 0 Å². The average Bonchev–Trinajstić information content (AvgIpc) is 1.71. The van der Waals surface area contributed by atoms with Crippen LogP contribution in [-0.2, 0) is 138 Å². The molecular formula is C60H106N3O38P3S3. The molecule has 22 aliphatic heterocycles. The number of aliphatic hydroxyl groups is 16. The van der Waals surface area contributed by atoms with Gasteiger partial charge in [0.2, 0.25) is 0 Å². The van der Waals surface area contributed by atoms with Gasteiger partial charge in [0, 0.05) is 39.3 Å². The van der Waals surface area contributed by atoms with Gasteiger partial charge < -0.3 is 185 Å². The minimum atomic E-state index is -3.85. The van der Waals surface area contributed by atoms with Gasteiger partial charge in [0.25, 0.3) is 19.9 Å². The van der Waals surface area contributed by atoms with Crippen molar-refractivity contribution in [2.45, 2.75) is 282 Å². The number of rotatable bonds is 17. The van der Waals surface area contributed by atoms with E-state index in [2.05, 4.69) is 0 Å². The molecule has 22 rings (SSSR count). The second-order valence-electron chi connectivity index (χ2n) is 27.8. The Labute approximate surface area is 632 Å². The molecule has 4 unspecified atom stereocenters. The van der Waals surface area contributed by atoms with E-state index in [0.29, 0.717) is 0 Å². The number of hydrogen-bond acceptors (Lipinski definition) is 41. The average molecular weight is 1670 g/mol. The zero-order valence-corrected chi connectivity index (χ0v) is 65.1. The molecule has 0 aliphatic carbocycles. The molecule has 18 bridgehead atoms. The second kappa shape index (κ2) is 37.1. The Morgan fingerprint density at radius 2 is 0.617 bits per heavy atom. The summed E-state index contributed by atoms with van der Waals surface area (Å²) in [5, 5.41) is 191. The molecule has 47 heteroatoms. The molecule has 0 aromatic rings. The fourth-order valence-electron chi connectivity index (χ4n) is 14.5. The maximum Gasteiger partial charge on any atom is 0.264 e. The maximum atomic E-state index is 12.4. The highest BCUT2D eigenvalue weighted by atomic mass is 32.5. The molecule has 0 saturated carbocycles. The summed E-state index contributed by atoms with van der Waals surface area (Å²) in [5.41, 5.74) is 0. The Bertz CT molecular complexity index is 2990. The zero-order valence-electron chi connectivity index (χ0n) is 59.9. The highest BCUT2D eigenvalue weighted by Crippen LogP contribution is 2.57. The van der Waals surface area contributed by atoms with Gasteiger partial charge in [-0.05, 0) is 49.3 Å². The molecule has 16 N–H and O–H groups in total. The van der Waals surface area contributed by atoms with Crippen molar-refractivity contribution in [2.75, 3.05) is 98.7 Å². The summed E-state index contributed by atoms with van der Waals surface area (Å²) in [6.07, 6.45) is -70.2. The van der Waals surface area contributed by atoms with E-state index in [0.717, 1.165) is 0 Å². The lowest BCUT2D eigenvalue weighted by Gasteiger charge is -2.50.